The van der Waals surface area contributed by atoms with Gasteiger partial charge in [-0.3, -0.25) is 4.99 Å². The minimum Gasteiger partial charge on any atom is -0.356 e. The lowest BCUT2D eigenvalue weighted by Gasteiger charge is -2.17. The molecule has 6 nitrogen and oxygen atoms in total. The molecule has 1 aliphatic carbocycles. The van der Waals surface area contributed by atoms with Crippen molar-refractivity contribution in [3.63, 3.8) is 0 Å². The molecule has 2 N–H and O–H groups in total. The largest absolute Gasteiger partial charge is 0.356 e. The zero-order valence-electron chi connectivity index (χ0n) is 16.6. The van der Waals surface area contributed by atoms with Gasteiger partial charge in [-0.2, -0.15) is 5.10 Å². The molecule has 2 heterocycles. The van der Waals surface area contributed by atoms with E-state index >= 15 is 0 Å². The second-order valence-corrected chi connectivity index (χ2v) is 7.63. The van der Waals surface area contributed by atoms with Gasteiger partial charge in [0.1, 0.15) is 0 Å². The SMILES string of the molecule is CN=C(NCCc1ccc(-n2cccn2)cc1)NCC1CCN(C2CC2)C1.I. The van der Waals surface area contributed by atoms with Gasteiger partial charge in [0.25, 0.3) is 0 Å². The standard InChI is InChI=1S/C21H30N6.HI/c1-22-21(24-15-18-10-14-26(16-18)19-7-8-19)23-12-9-17-3-5-20(6-4-17)27-13-2-11-25-27;/h2-6,11,13,18-19H,7-10,12,14-16H2,1H3,(H2,22,23,24);1H. The fraction of sp³-hybridized carbons (Fsp3) is 0.524. The number of halogens is 1. The number of nitrogens with zero attached hydrogens (tertiary/aromatic N) is 4. The highest BCUT2D eigenvalue weighted by Gasteiger charge is 2.34. The van der Waals surface area contributed by atoms with Gasteiger partial charge in [0.2, 0.25) is 0 Å². The highest BCUT2D eigenvalue weighted by atomic mass is 127. The van der Waals surface area contributed by atoms with Gasteiger partial charge in [0.15, 0.2) is 5.96 Å². The molecule has 1 aromatic carbocycles. The molecule has 1 saturated heterocycles. The van der Waals surface area contributed by atoms with Gasteiger partial charge < -0.3 is 15.5 Å². The Labute approximate surface area is 184 Å². The maximum absolute atomic E-state index is 4.36. The molecule has 1 aliphatic heterocycles. The molecular formula is C21H31IN6. The average molecular weight is 494 g/mol. The molecule has 0 bridgehead atoms. The normalized spacial score (nSPS) is 20.0. The van der Waals surface area contributed by atoms with Crippen molar-refractivity contribution in [3.05, 3.63) is 48.3 Å². The molecule has 1 aromatic heterocycles. The van der Waals surface area contributed by atoms with Crippen molar-refractivity contribution in [2.24, 2.45) is 10.9 Å². The monoisotopic (exact) mass is 494 g/mol. The fourth-order valence-electron chi connectivity index (χ4n) is 3.82. The summed E-state index contributed by atoms with van der Waals surface area (Å²) in [5.74, 6) is 1.66. The van der Waals surface area contributed by atoms with Crippen molar-refractivity contribution in [1.82, 2.24) is 25.3 Å². The summed E-state index contributed by atoms with van der Waals surface area (Å²) in [4.78, 5) is 7.03. The van der Waals surface area contributed by atoms with E-state index in [4.69, 9.17) is 0 Å². The summed E-state index contributed by atoms with van der Waals surface area (Å²) < 4.78 is 1.88. The second kappa shape index (κ2) is 10.2. The van der Waals surface area contributed by atoms with Crippen molar-refractivity contribution in [2.75, 3.05) is 33.2 Å². The van der Waals surface area contributed by atoms with Crippen molar-refractivity contribution in [1.29, 1.82) is 0 Å². The second-order valence-electron chi connectivity index (χ2n) is 7.63. The Morgan fingerprint density at radius 3 is 2.68 bits per heavy atom. The third-order valence-corrected chi connectivity index (χ3v) is 5.57. The molecule has 2 fully saturated rings. The minimum atomic E-state index is 0. The van der Waals surface area contributed by atoms with Gasteiger partial charge in [-0.1, -0.05) is 12.1 Å². The van der Waals surface area contributed by atoms with Crippen molar-refractivity contribution in [3.8, 4) is 5.69 Å². The van der Waals surface area contributed by atoms with E-state index in [9.17, 15) is 0 Å². The Hall–Kier alpha value is -1.61. The predicted octanol–water partition coefficient (Wildman–Crippen LogP) is 2.68. The molecule has 1 saturated carbocycles. The van der Waals surface area contributed by atoms with E-state index in [-0.39, 0.29) is 24.0 Å². The Kier molecular flexibility index (Phi) is 7.73. The van der Waals surface area contributed by atoms with Crippen LogP contribution in [0.3, 0.4) is 0 Å². The van der Waals surface area contributed by atoms with Crippen LogP contribution >= 0.6 is 24.0 Å². The van der Waals surface area contributed by atoms with Gasteiger partial charge in [0, 0.05) is 45.1 Å². The molecule has 7 heteroatoms. The van der Waals surface area contributed by atoms with Gasteiger partial charge in [-0.25, -0.2) is 4.68 Å². The van der Waals surface area contributed by atoms with E-state index in [1.54, 1.807) is 6.20 Å². The van der Waals surface area contributed by atoms with Crippen LogP contribution in [-0.2, 0) is 6.42 Å². The third kappa shape index (κ3) is 5.70. The summed E-state index contributed by atoms with van der Waals surface area (Å²) in [6.45, 7) is 4.41. The lowest BCUT2D eigenvalue weighted by atomic mass is 10.1. The van der Waals surface area contributed by atoms with Gasteiger partial charge in [-0.05, 0) is 61.9 Å². The van der Waals surface area contributed by atoms with Crippen LogP contribution in [0.1, 0.15) is 24.8 Å². The molecule has 2 aliphatic rings. The molecule has 0 amide bonds. The Balaban J connectivity index is 0.00000225. The van der Waals surface area contributed by atoms with Crippen LogP contribution < -0.4 is 10.6 Å². The number of nitrogens with one attached hydrogen (secondary N) is 2. The molecule has 4 rings (SSSR count). The topological polar surface area (TPSA) is 57.5 Å². The van der Waals surface area contributed by atoms with Crippen LogP contribution in [0.2, 0.25) is 0 Å². The number of aromatic nitrogens is 2. The fourth-order valence-corrected chi connectivity index (χ4v) is 3.82. The first kappa shape index (κ1) is 21.1. The van der Waals surface area contributed by atoms with Gasteiger partial charge in [0.05, 0.1) is 5.69 Å². The molecule has 0 radical (unpaired) electrons. The van der Waals surface area contributed by atoms with Crippen molar-refractivity contribution >= 4 is 29.9 Å². The summed E-state index contributed by atoms with van der Waals surface area (Å²) in [7, 11) is 1.85. The van der Waals surface area contributed by atoms with Crippen LogP contribution in [0.4, 0.5) is 0 Å². The molecule has 1 unspecified atom stereocenters. The van der Waals surface area contributed by atoms with E-state index in [0.29, 0.717) is 0 Å². The van der Waals surface area contributed by atoms with Crippen LogP contribution in [0.25, 0.3) is 5.69 Å². The minimum absolute atomic E-state index is 0. The maximum atomic E-state index is 4.36. The van der Waals surface area contributed by atoms with Crippen LogP contribution in [0.15, 0.2) is 47.7 Å². The Morgan fingerprint density at radius 1 is 1.18 bits per heavy atom. The van der Waals surface area contributed by atoms with Crippen LogP contribution in [0, 0.1) is 5.92 Å². The Morgan fingerprint density at radius 2 is 2.00 bits per heavy atom. The summed E-state index contributed by atoms with van der Waals surface area (Å²) in [6, 6.07) is 11.4. The molecule has 28 heavy (non-hydrogen) atoms. The van der Waals surface area contributed by atoms with E-state index in [0.717, 1.165) is 43.1 Å². The maximum Gasteiger partial charge on any atom is 0.190 e. The smallest absolute Gasteiger partial charge is 0.190 e. The van der Waals surface area contributed by atoms with Crippen molar-refractivity contribution in [2.45, 2.75) is 31.7 Å². The molecule has 1 atom stereocenters. The zero-order chi connectivity index (χ0) is 18.5. The first-order chi connectivity index (χ1) is 13.3. The van der Waals surface area contributed by atoms with E-state index in [1.807, 2.05) is 24.0 Å². The summed E-state index contributed by atoms with van der Waals surface area (Å²) in [6.07, 6.45) is 8.85. The van der Waals surface area contributed by atoms with Crippen LogP contribution in [0.5, 0.6) is 0 Å². The van der Waals surface area contributed by atoms with E-state index in [1.165, 1.54) is 37.9 Å². The molecular weight excluding hydrogens is 463 g/mol. The summed E-state index contributed by atoms with van der Waals surface area (Å²) in [5.41, 5.74) is 2.40. The summed E-state index contributed by atoms with van der Waals surface area (Å²) in [5, 5.41) is 11.2. The number of likely N-dealkylation sites (tertiary alicyclic amines) is 1. The van der Waals surface area contributed by atoms with Gasteiger partial charge in [-0.15, -0.1) is 24.0 Å². The van der Waals surface area contributed by atoms with E-state index in [2.05, 4.69) is 49.9 Å². The lowest BCUT2D eigenvalue weighted by molar-refractivity contribution is 0.314. The average Bonchev–Trinajstić information content (AvgIpc) is 3.20. The highest BCUT2D eigenvalue weighted by molar-refractivity contribution is 14.0. The molecule has 0 spiro atoms. The predicted molar refractivity (Wildman–Crippen MR) is 125 cm³/mol. The number of rotatable bonds is 7. The number of hydrogen-bond donors (Lipinski definition) is 2. The summed E-state index contributed by atoms with van der Waals surface area (Å²) >= 11 is 0. The molecule has 152 valence electrons. The number of guanidine groups is 1. The number of benzene rings is 1. The van der Waals surface area contributed by atoms with E-state index < -0.39 is 0 Å². The first-order valence-corrected chi connectivity index (χ1v) is 10.1. The Bertz CT molecular complexity index is 739. The molecule has 2 aromatic rings. The van der Waals surface area contributed by atoms with Crippen molar-refractivity contribution < 1.29 is 0 Å². The highest BCUT2D eigenvalue weighted by Crippen LogP contribution is 2.31. The number of hydrogen-bond acceptors (Lipinski definition) is 3. The van der Waals surface area contributed by atoms with Gasteiger partial charge >= 0.3 is 0 Å². The van der Waals surface area contributed by atoms with Crippen LogP contribution in [-0.4, -0.2) is 59.9 Å². The zero-order valence-corrected chi connectivity index (χ0v) is 18.9. The third-order valence-electron chi connectivity index (χ3n) is 5.57. The lowest BCUT2D eigenvalue weighted by Crippen LogP contribution is -2.41. The quantitative estimate of drug-likeness (QED) is 0.353. The first-order valence-electron chi connectivity index (χ1n) is 10.1. The number of aliphatic imine (C=N–C) groups is 1.